The fraction of sp³-hybridized carbons (Fsp3) is 0.0714. The molecule has 0 amide bonds. The smallest absolute Gasteiger partial charge is 0.196 e. The van der Waals surface area contributed by atoms with Crippen molar-refractivity contribution in [1.29, 1.82) is 0 Å². The minimum atomic E-state index is -0.0323. The topological polar surface area (TPSA) is 42.9 Å². The zero-order valence-corrected chi connectivity index (χ0v) is 12.6. The van der Waals surface area contributed by atoms with E-state index >= 15 is 0 Å². The highest BCUT2D eigenvalue weighted by atomic mass is 35.5. The van der Waals surface area contributed by atoms with E-state index in [9.17, 15) is 4.79 Å². The van der Waals surface area contributed by atoms with Crippen molar-refractivity contribution in [3.63, 3.8) is 0 Å². The molecule has 2 aromatic rings. The average molecular weight is 321 g/mol. The number of carbonyl (C=O) groups is 1. The van der Waals surface area contributed by atoms with Crippen molar-refractivity contribution in [2.45, 2.75) is 0 Å². The molecule has 3 rings (SSSR count). The first-order valence-corrected chi connectivity index (χ1v) is 8.17. The Balaban J connectivity index is 2.03. The summed E-state index contributed by atoms with van der Waals surface area (Å²) < 4.78 is 1.02. The lowest BCUT2D eigenvalue weighted by molar-refractivity contribution is 0.105. The van der Waals surface area contributed by atoms with Crippen LogP contribution in [0.1, 0.15) is 16.1 Å². The molecule has 1 saturated heterocycles. The zero-order chi connectivity index (χ0) is 13.9. The number of nitrogens with zero attached hydrogens (tertiary/aromatic N) is 2. The van der Waals surface area contributed by atoms with Gasteiger partial charge in [0.1, 0.15) is 6.33 Å². The molecule has 1 aromatic heterocycles. The Kier molecular flexibility index (Phi) is 4.10. The van der Waals surface area contributed by atoms with Gasteiger partial charge in [-0.3, -0.25) is 4.79 Å². The Morgan fingerprint density at radius 3 is 2.45 bits per heavy atom. The van der Waals surface area contributed by atoms with E-state index in [1.807, 2.05) is 0 Å². The molecule has 3 nitrogen and oxygen atoms in total. The van der Waals surface area contributed by atoms with Gasteiger partial charge in [0.05, 0.1) is 15.5 Å². The number of hydrogen-bond acceptors (Lipinski definition) is 5. The van der Waals surface area contributed by atoms with Crippen LogP contribution in [-0.4, -0.2) is 20.8 Å². The summed E-state index contributed by atoms with van der Waals surface area (Å²) >= 11 is 9.20. The summed E-state index contributed by atoms with van der Waals surface area (Å²) in [5.41, 5.74) is 1.93. The third kappa shape index (κ3) is 2.75. The molecule has 1 aromatic carbocycles. The van der Waals surface area contributed by atoms with Gasteiger partial charge in [-0.2, -0.15) is 0 Å². The van der Waals surface area contributed by atoms with E-state index in [0.29, 0.717) is 21.9 Å². The van der Waals surface area contributed by atoms with Crippen molar-refractivity contribution in [2.24, 2.45) is 0 Å². The van der Waals surface area contributed by atoms with Crippen LogP contribution in [0.4, 0.5) is 0 Å². The highest BCUT2D eigenvalue weighted by Gasteiger charge is 2.25. The van der Waals surface area contributed by atoms with E-state index in [2.05, 4.69) is 9.97 Å². The first-order valence-electron chi connectivity index (χ1n) is 5.82. The molecule has 0 saturated carbocycles. The zero-order valence-electron chi connectivity index (χ0n) is 10.2. The molecule has 1 aliphatic heterocycles. The number of hydrogen-bond donors (Lipinski definition) is 0. The van der Waals surface area contributed by atoms with E-state index in [0.717, 1.165) is 9.32 Å². The predicted octanol–water partition coefficient (Wildman–Crippen LogP) is 4.12. The van der Waals surface area contributed by atoms with Crippen molar-refractivity contribution >= 4 is 46.5 Å². The second-order valence-electron chi connectivity index (χ2n) is 4.00. The number of rotatable bonds is 3. The lowest BCUT2D eigenvalue weighted by atomic mass is 10.0. The summed E-state index contributed by atoms with van der Waals surface area (Å²) in [6, 6.07) is 8.67. The molecular weight excluding hydrogens is 312 g/mol. The number of ketones is 1. The monoisotopic (exact) mass is 320 g/mol. The summed E-state index contributed by atoms with van der Waals surface area (Å²) in [7, 11) is 0. The molecule has 6 heteroatoms. The Hall–Kier alpha value is -1.30. The fourth-order valence-corrected chi connectivity index (χ4v) is 3.51. The summed E-state index contributed by atoms with van der Waals surface area (Å²) in [5, 5.41) is 1.59. The van der Waals surface area contributed by atoms with E-state index < -0.39 is 0 Å². The van der Waals surface area contributed by atoms with Gasteiger partial charge in [-0.1, -0.05) is 11.6 Å². The molecule has 100 valence electrons. The Bertz CT molecular complexity index is 665. The first kappa shape index (κ1) is 13.7. The van der Waals surface area contributed by atoms with Gasteiger partial charge in [0.15, 0.2) is 5.78 Å². The normalized spacial score (nSPS) is 13.8. The SMILES string of the molecule is O=C(C(=C1SCS1)c1ccncn1)c1ccc(Cl)cc1. The maximum absolute atomic E-state index is 12.7. The molecule has 0 spiro atoms. The number of thioether (sulfide) groups is 2. The van der Waals surface area contributed by atoms with Gasteiger partial charge in [-0.05, 0) is 30.3 Å². The quantitative estimate of drug-likeness (QED) is 0.628. The van der Waals surface area contributed by atoms with Crippen molar-refractivity contribution in [3.05, 3.63) is 63.4 Å². The Morgan fingerprint density at radius 2 is 1.90 bits per heavy atom. The van der Waals surface area contributed by atoms with Crippen LogP contribution in [0.25, 0.3) is 5.57 Å². The van der Waals surface area contributed by atoms with Crippen molar-refractivity contribution in [3.8, 4) is 0 Å². The van der Waals surface area contributed by atoms with Crippen LogP contribution in [0.15, 0.2) is 47.1 Å². The van der Waals surface area contributed by atoms with Gasteiger partial charge in [0, 0.05) is 21.9 Å². The highest BCUT2D eigenvalue weighted by molar-refractivity contribution is 8.37. The molecule has 0 radical (unpaired) electrons. The molecule has 0 aliphatic carbocycles. The van der Waals surface area contributed by atoms with Crippen LogP contribution in [0.3, 0.4) is 0 Å². The number of aromatic nitrogens is 2. The van der Waals surface area contributed by atoms with Crippen LogP contribution in [0, 0.1) is 0 Å². The number of allylic oxidation sites excluding steroid dienone is 1. The second-order valence-corrected chi connectivity index (χ2v) is 7.03. The molecule has 0 bridgehead atoms. The largest absolute Gasteiger partial charge is 0.288 e. The molecule has 0 N–H and O–H groups in total. The summed E-state index contributed by atoms with van der Waals surface area (Å²) in [6.07, 6.45) is 3.10. The van der Waals surface area contributed by atoms with Crippen LogP contribution >= 0.6 is 35.1 Å². The van der Waals surface area contributed by atoms with Crippen LogP contribution < -0.4 is 0 Å². The second kappa shape index (κ2) is 5.99. The van der Waals surface area contributed by atoms with Crippen molar-refractivity contribution in [1.82, 2.24) is 9.97 Å². The third-order valence-corrected chi connectivity index (χ3v) is 5.59. The van der Waals surface area contributed by atoms with Crippen LogP contribution in [0.2, 0.25) is 5.02 Å². The molecule has 2 heterocycles. The van der Waals surface area contributed by atoms with Crippen LogP contribution in [-0.2, 0) is 0 Å². The summed E-state index contributed by atoms with van der Waals surface area (Å²) in [5.74, 6) is -0.0323. The number of carbonyl (C=O) groups excluding carboxylic acids is 1. The average Bonchev–Trinajstić information content (AvgIpc) is 2.44. The molecule has 1 fully saturated rings. The maximum Gasteiger partial charge on any atom is 0.196 e. The van der Waals surface area contributed by atoms with Crippen LogP contribution in [0.5, 0.6) is 0 Å². The van der Waals surface area contributed by atoms with Crippen molar-refractivity contribution in [2.75, 3.05) is 5.08 Å². The number of halogens is 1. The van der Waals surface area contributed by atoms with E-state index in [1.54, 1.807) is 60.1 Å². The number of Topliss-reactive ketones (excluding diaryl/α,β-unsaturated/α-hetero) is 1. The van der Waals surface area contributed by atoms with Crippen molar-refractivity contribution < 1.29 is 4.79 Å². The minimum absolute atomic E-state index is 0.0323. The third-order valence-electron chi connectivity index (χ3n) is 2.76. The standard InChI is InChI=1S/C14H9ClN2OS2/c15-10-3-1-9(2-4-10)13(18)12(14-19-8-20-14)11-5-6-16-7-17-11/h1-7H,8H2. The van der Waals surface area contributed by atoms with Gasteiger partial charge >= 0.3 is 0 Å². The lowest BCUT2D eigenvalue weighted by Crippen LogP contribution is -2.08. The Morgan fingerprint density at radius 1 is 1.15 bits per heavy atom. The fourth-order valence-electron chi connectivity index (χ4n) is 1.76. The van der Waals surface area contributed by atoms with E-state index in [4.69, 9.17) is 11.6 Å². The molecule has 0 unspecified atom stereocenters. The van der Waals surface area contributed by atoms with E-state index in [1.165, 1.54) is 6.33 Å². The van der Waals surface area contributed by atoms with Gasteiger partial charge in [-0.15, -0.1) is 23.5 Å². The maximum atomic E-state index is 12.7. The highest BCUT2D eigenvalue weighted by Crippen LogP contribution is 2.48. The van der Waals surface area contributed by atoms with E-state index in [-0.39, 0.29) is 5.78 Å². The van der Waals surface area contributed by atoms with Gasteiger partial charge in [-0.25, -0.2) is 9.97 Å². The van der Waals surface area contributed by atoms with Gasteiger partial charge in [0.2, 0.25) is 0 Å². The molecule has 1 aliphatic rings. The Labute approximate surface area is 129 Å². The summed E-state index contributed by atoms with van der Waals surface area (Å²) in [6.45, 7) is 0. The molecular formula is C14H9ClN2OS2. The first-order chi connectivity index (χ1) is 9.75. The van der Waals surface area contributed by atoms with Gasteiger partial charge in [0.25, 0.3) is 0 Å². The summed E-state index contributed by atoms with van der Waals surface area (Å²) in [4.78, 5) is 20.8. The number of benzene rings is 1. The lowest BCUT2D eigenvalue weighted by Gasteiger charge is -2.19. The molecule has 20 heavy (non-hydrogen) atoms. The molecule has 0 atom stereocenters. The predicted molar refractivity (Wildman–Crippen MR) is 84.8 cm³/mol. The minimum Gasteiger partial charge on any atom is -0.288 e. The van der Waals surface area contributed by atoms with Gasteiger partial charge < -0.3 is 0 Å².